The van der Waals surface area contributed by atoms with Crippen LogP contribution in [0.15, 0.2) is 59.6 Å². The first-order chi connectivity index (χ1) is 13.4. The molecule has 0 spiro atoms. The van der Waals surface area contributed by atoms with Crippen LogP contribution in [0.5, 0.6) is 0 Å². The molecule has 2 aromatic carbocycles. The van der Waals surface area contributed by atoms with E-state index in [4.69, 9.17) is 27.9 Å². The number of hydrogen-bond acceptors (Lipinski definition) is 5. The van der Waals surface area contributed by atoms with E-state index >= 15 is 0 Å². The molecule has 0 aliphatic carbocycles. The van der Waals surface area contributed by atoms with Crippen LogP contribution in [0.3, 0.4) is 0 Å². The summed E-state index contributed by atoms with van der Waals surface area (Å²) in [5.74, 6) is -0.767. The minimum atomic E-state index is -0.988. The second-order valence-corrected chi connectivity index (χ2v) is 7.80. The summed E-state index contributed by atoms with van der Waals surface area (Å²) in [6.45, 7) is 1.48. The quantitative estimate of drug-likeness (QED) is 0.426. The third-order valence-electron chi connectivity index (χ3n) is 3.80. The largest absolute Gasteiger partial charge is 0.452 e. The highest BCUT2D eigenvalue weighted by Gasteiger charge is 2.19. The smallest absolute Gasteiger partial charge is 0.317 e. The Hall–Kier alpha value is -2.28. The van der Waals surface area contributed by atoms with Gasteiger partial charge in [-0.25, -0.2) is 4.98 Å². The fraction of sp³-hybridized carbons (Fsp3) is 0.150. The monoisotopic (exact) mass is 434 g/mol. The standard InChI is InChI=1S/C20H16Cl2N2O3S/c1-12(20(26)24-19-17(22)9-15(21)10-23-19)27-18(25)11-28-16-7-6-13-4-2-3-5-14(13)8-16/h2-10,12H,11H2,1H3,(H,23,24,26). The van der Waals surface area contributed by atoms with Crippen molar-refractivity contribution in [2.45, 2.75) is 17.9 Å². The molecule has 1 unspecified atom stereocenters. The lowest BCUT2D eigenvalue weighted by Gasteiger charge is -2.13. The average molecular weight is 435 g/mol. The molecule has 1 N–H and O–H groups in total. The Morgan fingerprint density at radius 1 is 1.14 bits per heavy atom. The molecule has 0 saturated carbocycles. The Kier molecular flexibility index (Phi) is 6.78. The molecule has 1 heterocycles. The third-order valence-corrected chi connectivity index (χ3v) is 5.27. The SMILES string of the molecule is CC(OC(=O)CSc1ccc2ccccc2c1)C(=O)Nc1ncc(Cl)cc1Cl. The van der Waals surface area contributed by atoms with E-state index in [9.17, 15) is 9.59 Å². The van der Waals surface area contributed by atoms with Gasteiger partial charge in [0.15, 0.2) is 11.9 Å². The number of benzene rings is 2. The topological polar surface area (TPSA) is 68.3 Å². The maximum atomic E-state index is 12.2. The number of esters is 1. The van der Waals surface area contributed by atoms with Crippen LogP contribution in [-0.4, -0.2) is 28.7 Å². The summed E-state index contributed by atoms with van der Waals surface area (Å²) in [4.78, 5) is 29.1. The molecule has 3 rings (SSSR count). The molecule has 0 bridgehead atoms. The van der Waals surface area contributed by atoms with Crippen molar-refractivity contribution in [3.63, 3.8) is 0 Å². The molecule has 0 fully saturated rings. The van der Waals surface area contributed by atoms with Gasteiger partial charge < -0.3 is 10.1 Å². The number of rotatable bonds is 6. The number of thioether (sulfide) groups is 1. The minimum Gasteiger partial charge on any atom is -0.452 e. The number of hydrogen-bond donors (Lipinski definition) is 1. The summed E-state index contributed by atoms with van der Waals surface area (Å²) in [6, 6.07) is 15.4. The number of aromatic nitrogens is 1. The fourth-order valence-electron chi connectivity index (χ4n) is 2.41. The number of fused-ring (bicyclic) bond motifs is 1. The maximum absolute atomic E-state index is 12.2. The Balaban J connectivity index is 1.52. The molecule has 1 atom stereocenters. The van der Waals surface area contributed by atoms with Gasteiger partial charge in [-0.3, -0.25) is 9.59 Å². The van der Waals surface area contributed by atoms with E-state index in [1.807, 2.05) is 42.5 Å². The van der Waals surface area contributed by atoms with E-state index in [2.05, 4.69) is 10.3 Å². The number of halogens is 2. The predicted molar refractivity (Wildman–Crippen MR) is 113 cm³/mol. The molecule has 0 saturated heterocycles. The number of pyridine rings is 1. The highest BCUT2D eigenvalue weighted by atomic mass is 35.5. The van der Waals surface area contributed by atoms with Crippen LogP contribution in [0.1, 0.15) is 6.92 Å². The Labute approximate surface area is 176 Å². The highest BCUT2D eigenvalue weighted by molar-refractivity contribution is 8.00. The molecule has 5 nitrogen and oxygen atoms in total. The van der Waals surface area contributed by atoms with E-state index < -0.39 is 18.0 Å². The lowest BCUT2D eigenvalue weighted by atomic mass is 10.1. The number of amides is 1. The molecule has 0 radical (unpaired) electrons. The van der Waals surface area contributed by atoms with Gasteiger partial charge in [-0.05, 0) is 35.9 Å². The zero-order chi connectivity index (χ0) is 20.1. The zero-order valence-corrected chi connectivity index (χ0v) is 17.1. The number of nitrogens with zero attached hydrogens (tertiary/aromatic N) is 1. The minimum absolute atomic E-state index is 0.0932. The van der Waals surface area contributed by atoms with Crippen LogP contribution in [0.2, 0.25) is 10.0 Å². The Bertz CT molecular complexity index is 1030. The molecule has 1 amide bonds. The van der Waals surface area contributed by atoms with Crippen molar-refractivity contribution >= 4 is 63.4 Å². The Morgan fingerprint density at radius 3 is 2.64 bits per heavy atom. The number of carbonyl (C=O) groups is 2. The first-order valence-corrected chi connectivity index (χ1v) is 10.1. The number of anilines is 1. The number of carbonyl (C=O) groups excluding carboxylic acids is 2. The van der Waals surface area contributed by atoms with Crippen LogP contribution >= 0.6 is 35.0 Å². The summed E-state index contributed by atoms with van der Waals surface area (Å²) in [5, 5.41) is 5.30. The molecular weight excluding hydrogens is 419 g/mol. The van der Waals surface area contributed by atoms with Crippen LogP contribution in [0, 0.1) is 0 Å². The van der Waals surface area contributed by atoms with Gasteiger partial charge in [0.05, 0.1) is 15.8 Å². The van der Waals surface area contributed by atoms with E-state index in [1.54, 1.807) is 0 Å². The summed E-state index contributed by atoms with van der Waals surface area (Å²) in [7, 11) is 0. The van der Waals surface area contributed by atoms with E-state index in [1.165, 1.54) is 30.9 Å². The van der Waals surface area contributed by atoms with Crippen molar-refractivity contribution in [2.75, 3.05) is 11.1 Å². The molecule has 144 valence electrons. The van der Waals surface area contributed by atoms with E-state index in [-0.39, 0.29) is 16.6 Å². The molecule has 0 aliphatic heterocycles. The maximum Gasteiger partial charge on any atom is 0.317 e. The van der Waals surface area contributed by atoms with Crippen LogP contribution in [0.25, 0.3) is 10.8 Å². The third kappa shape index (κ3) is 5.38. The van der Waals surface area contributed by atoms with Crippen molar-refractivity contribution in [3.05, 3.63) is 64.8 Å². The fourth-order valence-corrected chi connectivity index (χ4v) is 3.56. The van der Waals surface area contributed by atoms with Gasteiger partial charge in [0.2, 0.25) is 0 Å². The van der Waals surface area contributed by atoms with Gasteiger partial charge >= 0.3 is 5.97 Å². The van der Waals surface area contributed by atoms with Crippen LogP contribution in [0.4, 0.5) is 5.82 Å². The average Bonchev–Trinajstić information content (AvgIpc) is 2.68. The second-order valence-electron chi connectivity index (χ2n) is 5.90. The van der Waals surface area contributed by atoms with Gasteiger partial charge in [-0.15, -0.1) is 11.8 Å². The van der Waals surface area contributed by atoms with Crippen molar-refractivity contribution in [2.24, 2.45) is 0 Å². The highest BCUT2D eigenvalue weighted by Crippen LogP contribution is 2.24. The first-order valence-electron chi connectivity index (χ1n) is 8.35. The normalized spacial score (nSPS) is 11.8. The van der Waals surface area contributed by atoms with Crippen LogP contribution < -0.4 is 5.32 Å². The summed E-state index contributed by atoms with van der Waals surface area (Å²) >= 11 is 13.1. The molecule has 28 heavy (non-hydrogen) atoms. The molecule has 3 aromatic rings. The second kappa shape index (κ2) is 9.28. The Morgan fingerprint density at radius 2 is 1.89 bits per heavy atom. The van der Waals surface area contributed by atoms with Gasteiger partial charge in [0, 0.05) is 11.1 Å². The van der Waals surface area contributed by atoms with Crippen molar-refractivity contribution < 1.29 is 14.3 Å². The van der Waals surface area contributed by atoms with Gasteiger partial charge in [-0.1, -0.05) is 53.5 Å². The predicted octanol–water partition coefficient (Wildman–Crippen LogP) is 5.20. The number of nitrogens with one attached hydrogen (secondary N) is 1. The first kappa shape index (κ1) is 20.5. The lowest BCUT2D eigenvalue weighted by Crippen LogP contribution is -2.30. The van der Waals surface area contributed by atoms with E-state index in [0.717, 1.165) is 15.7 Å². The molecule has 8 heteroatoms. The number of ether oxygens (including phenoxy) is 1. The van der Waals surface area contributed by atoms with Crippen molar-refractivity contribution in [1.82, 2.24) is 4.98 Å². The van der Waals surface area contributed by atoms with Crippen LogP contribution in [-0.2, 0) is 14.3 Å². The van der Waals surface area contributed by atoms with Gasteiger partial charge in [0.1, 0.15) is 0 Å². The van der Waals surface area contributed by atoms with Crippen molar-refractivity contribution in [1.29, 1.82) is 0 Å². The summed E-state index contributed by atoms with van der Waals surface area (Å²) in [6.07, 6.45) is 0.373. The van der Waals surface area contributed by atoms with Gasteiger partial charge in [-0.2, -0.15) is 0 Å². The van der Waals surface area contributed by atoms with Gasteiger partial charge in [0.25, 0.3) is 5.91 Å². The lowest BCUT2D eigenvalue weighted by molar-refractivity contribution is -0.150. The van der Waals surface area contributed by atoms with E-state index in [0.29, 0.717) is 5.02 Å². The van der Waals surface area contributed by atoms with Crippen molar-refractivity contribution in [3.8, 4) is 0 Å². The molecular formula is C20H16Cl2N2O3S. The zero-order valence-electron chi connectivity index (χ0n) is 14.8. The molecule has 0 aliphatic rings. The molecule has 1 aromatic heterocycles. The summed E-state index contributed by atoms with van der Waals surface area (Å²) < 4.78 is 5.19. The summed E-state index contributed by atoms with van der Waals surface area (Å²) in [5.41, 5.74) is 0.